The maximum Gasteiger partial charge on any atom is 0.317 e. The van der Waals surface area contributed by atoms with Crippen LogP contribution in [0, 0.1) is 12.8 Å². The van der Waals surface area contributed by atoms with Crippen LogP contribution in [0.3, 0.4) is 0 Å². The van der Waals surface area contributed by atoms with Gasteiger partial charge in [-0.05, 0) is 37.0 Å². The summed E-state index contributed by atoms with van der Waals surface area (Å²) in [6.07, 6.45) is 0.750. The van der Waals surface area contributed by atoms with Crippen molar-refractivity contribution in [1.82, 2.24) is 20.3 Å². The van der Waals surface area contributed by atoms with E-state index in [1.54, 1.807) is 22.8 Å². The van der Waals surface area contributed by atoms with E-state index in [9.17, 15) is 9.59 Å². The molecule has 162 valence electrons. The molecule has 0 atom stereocenters. The van der Waals surface area contributed by atoms with Gasteiger partial charge in [0, 0.05) is 38.8 Å². The SMILES string of the molecule is Cc1cc(C(=O)N2CCN(C(=O)NCCc3ccc(OCC(C)C)cc3)CC2)on1. The molecule has 0 aliphatic carbocycles. The first-order valence-corrected chi connectivity index (χ1v) is 10.4. The topological polar surface area (TPSA) is 87.9 Å². The summed E-state index contributed by atoms with van der Waals surface area (Å²) in [6.45, 7) is 9.20. The van der Waals surface area contributed by atoms with Crippen LogP contribution in [-0.2, 0) is 6.42 Å². The van der Waals surface area contributed by atoms with Crippen molar-refractivity contribution < 1.29 is 18.8 Å². The number of amides is 3. The predicted octanol–water partition coefficient (Wildman–Crippen LogP) is 2.73. The highest BCUT2D eigenvalue weighted by atomic mass is 16.5. The van der Waals surface area contributed by atoms with Gasteiger partial charge in [-0.2, -0.15) is 0 Å². The molecule has 2 heterocycles. The number of aryl methyl sites for hydroxylation is 1. The number of urea groups is 1. The van der Waals surface area contributed by atoms with Crippen molar-refractivity contribution in [2.75, 3.05) is 39.3 Å². The Balaban J connectivity index is 1.37. The molecule has 1 fully saturated rings. The van der Waals surface area contributed by atoms with Gasteiger partial charge in [0.25, 0.3) is 5.91 Å². The normalized spacial score (nSPS) is 14.1. The molecule has 1 N–H and O–H groups in total. The van der Waals surface area contributed by atoms with Gasteiger partial charge in [-0.1, -0.05) is 31.1 Å². The van der Waals surface area contributed by atoms with Crippen molar-refractivity contribution in [3.8, 4) is 5.75 Å². The van der Waals surface area contributed by atoms with E-state index >= 15 is 0 Å². The monoisotopic (exact) mass is 414 g/mol. The van der Waals surface area contributed by atoms with Gasteiger partial charge >= 0.3 is 6.03 Å². The Morgan fingerprint density at radius 2 is 1.80 bits per heavy atom. The van der Waals surface area contributed by atoms with E-state index in [1.807, 2.05) is 24.3 Å². The smallest absolute Gasteiger partial charge is 0.317 e. The molecule has 0 saturated carbocycles. The zero-order chi connectivity index (χ0) is 21.5. The van der Waals surface area contributed by atoms with E-state index in [4.69, 9.17) is 9.26 Å². The number of nitrogens with zero attached hydrogens (tertiary/aromatic N) is 3. The maximum absolute atomic E-state index is 12.4. The van der Waals surface area contributed by atoms with Gasteiger partial charge in [-0.25, -0.2) is 4.79 Å². The summed E-state index contributed by atoms with van der Waals surface area (Å²) in [5.74, 6) is 1.41. The van der Waals surface area contributed by atoms with Crippen LogP contribution in [-0.4, -0.2) is 66.2 Å². The van der Waals surface area contributed by atoms with E-state index in [1.165, 1.54) is 0 Å². The summed E-state index contributed by atoms with van der Waals surface area (Å²) in [6, 6.07) is 9.51. The lowest BCUT2D eigenvalue weighted by atomic mass is 10.1. The van der Waals surface area contributed by atoms with Crippen molar-refractivity contribution in [3.05, 3.63) is 47.3 Å². The molecule has 8 heteroatoms. The van der Waals surface area contributed by atoms with Crippen LogP contribution in [0.25, 0.3) is 0 Å². The molecule has 0 bridgehead atoms. The van der Waals surface area contributed by atoms with Gasteiger partial charge in [-0.3, -0.25) is 4.79 Å². The highest BCUT2D eigenvalue weighted by molar-refractivity contribution is 5.91. The summed E-state index contributed by atoms with van der Waals surface area (Å²) >= 11 is 0. The Morgan fingerprint density at radius 3 is 2.40 bits per heavy atom. The van der Waals surface area contributed by atoms with E-state index in [0.29, 0.717) is 50.9 Å². The summed E-state index contributed by atoms with van der Waals surface area (Å²) < 4.78 is 10.7. The van der Waals surface area contributed by atoms with Gasteiger partial charge < -0.3 is 24.4 Å². The second-order valence-electron chi connectivity index (χ2n) is 7.94. The summed E-state index contributed by atoms with van der Waals surface area (Å²) in [4.78, 5) is 28.2. The fraction of sp³-hybridized carbons (Fsp3) is 0.500. The molecular formula is C22H30N4O4. The first-order valence-electron chi connectivity index (χ1n) is 10.4. The fourth-order valence-electron chi connectivity index (χ4n) is 3.17. The number of benzene rings is 1. The van der Waals surface area contributed by atoms with Crippen molar-refractivity contribution in [2.45, 2.75) is 27.2 Å². The zero-order valence-electron chi connectivity index (χ0n) is 17.9. The molecule has 8 nitrogen and oxygen atoms in total. The van der Waals surface area contributed by atoms with Crippen LogP contribution in [0.5, 0.6) is 5.75 Å². The van der Waals surface area contributed by atoms with Crippen molar-refractivity contribution in [1.29, 1.82) is 0 Å². The number of nitrogens with one attached hydrogen (secondary N) is 1. The van der Waals surface area contributed by atoms with Crippen molar-refractivity contribution in [2.24, 2.45) is 5.92 Å². The molecule has 1 aromatic carbocycles. The molecule has 1 aromatic heterocycles. The molecule has 0 radical (unpaired) electrons. The number of ether oxygens (including phenoxy) is 1. The molecule has 30 heavy (non-hydrogen) atoms. The largest absolute Gasteiger partial charge is 0.493 e. The summed E-state index contributed by atoms with van der Waals surface area (Å²) in [5, 5.41) is 6.71. The van der Waals surface area contributed by atoms with Crippen LogP contribution in [0.4, 0.5) is 4.79 Å². The van der Waals surface area contributed by atoms with Crippen LogP contribution in [0.15, 0.2) is 34.9 Å². The molecule has 1 saturated heterocycles. The highest BCUT2D eigenvalue weighted by Crippen LogP contribution is 2.14. The minimum atomic E-state index is -0.184. The lowest BCUT2D eigenvalue weighted by Crippen LogP contribution is -2.53. The third-order valence-electron chi connectivity index (χ3n) is 4.89. The molecule has 3 rings (SSSR count). The van der Waals surface area contributed by atoms with E-state index in [2.05, 4.69) is 24.3 Å². The second-order valence-corrected chi connectivity index (χ2v) is 7.94. The van der Waals surface area contributed by atoms with Crippen molar-refractivity contribution in [3.63, 3.8) is 0 Å². The number of hydrogen-bond acceptors (Lipinski definition) is 5. The predicted molar refractivity (Wildman–Crippen MR) is 113 cm³/mol. The molecule has 0 spiro atoms. The first kappa shape index (κ1) is 21.7. The van der Waals surface area contributed by atoms with E-state index in [0.717, 1.165) is 17.7 Å². The van der Waals surface area contributed by atoms with Crippen molar-refractivity contribution >= 4 is 11.9 Å². The van der Waals surface area contributed by atoms with Crippen LogP contribution in [0.2, 0.25) is 0 Å². The average Bonchev–Trinajstić information content (AvgIpc) is 3.19. The Kier molecular flexibility index (Phi) is 7.32. The molecular weight excluding hydrogens is 384 g/mol. The Bertz CT molecular complexity index is 839. The second kappa shape index (κ2) is 10.1. The quantitative estimate of drug-likeness (QED) is 0.753. The van der Waals surface area contributed by atoms with E-state index < -0.39 is 0 Å². The minimum Gasteiger partial charge on any atom is -0.493 e. The summed E-state index contributed by atoms with van der Waals surface area (Å²) in [7, 11) is 0. The van der Waals surface area contributed by atoms with Crippen LogP contribution in [0.1, 0.15) is 35.7 Å². The van der Waals surface area contributed by atoms with Gasteiger partial charge in [-0.15, -0.1) is 0 Å². The zero-order valence-corrected chi connectivity index (χ0v) is 17.9. The van der Waals surface area contributed by atoms with Crippen LogP contribution >= 0.6 is 0 Å². The minimum absolute atomic E-state index is 0.102. The number of carbonyl (C=O) groups excluding carboxylic acids is 2. The first-order chi connectivity index (χ1) is 14.4. The van der Waals surface area contributed by atoms with E-state index in [-0.39, 0.29) is 17.7 Å². The van der Waals surface area contributed by atoms with Gasteiger partial charge in [0.15, 0.2) is 0 Å². The maximum atomic E-state index is 12.4. The Hall–Kier alpha value is -3.03. The third kappa shape index (κ3) is 5.98. The number of carbonyl (C=O) groups is 2. The van der Waals surface area contributed by atoms with Crippen LogP contribution < -0.4 is 10.1 Å². The van der Waals surface area contributed by atoms with Gasteiger partial charge in [0.1, 0.15) is 5.75 Å². The van der Waals surface area contributed by atoms with Gasteiger partial charge in [0.05, 0.1) is 12.3 Å². The number of hydrogen-bond donors (Lipinski definition) is 1. The highest BCUT2D eigenvalue weighted by Gasteiger charge is 2.26. The third-order valence-corrected chi connectivity index (χ3v) is 4.89. The number of rotatable bonds is 7. The molecule has 2 aromatic rings. The lowest BCUT2D eigenvalue weighted by Gasteiger charge is -2.34. The fourth-order valence-corrected chi connectivity index (χ4v) is 3.17. The standard InChI is InChI=1S/C22H30N4O4/c1-16(2)15-29-19-6-4-18(5-7-19)8-9-23-22(28)26-12-10-25(11-13-26)21(27)20-14-17(3)24-30-20/h4-7,14,16H,8-13,15H2,1-3H3,(H,23,28). The lowest BCUT2D eigenvalue weighted by molar-refractivity contribution is 0.0625. The Labute approximate surface area is 177 Å². The molecule has 1 aliphatic rings. The summed E-state index contributed by atoms with van der Waals surface area (Å²) in [5.41, 5.74) is 1.82. The van der Waals surface area contributed by atoms with Gasteiger partial charge in [0.2, 0.25) is 5.76 Å². The number of aromatic nitrogens is 1. The molecule has 3 amide bonds. The Morgan fingerprint density at radius 1 is 1.13 bits per heavy atom. The number of piperazine rings is 1. The average molecular weight is 415 g/mol. The molecule has 1 aliphatic heterocycles. The molecule has 0 unspecified atom stereocenters.